The van der Waals surface area contributed by atoms with E-state index in [-0.39, 0.29) is 54.4 Å². The number of nitrogens with one attached hydrogen (secondary N) is 2. The third kappa shape index (κ3) is 83.6. The second kappa shape index (κ2) is 33.6. The van der Waals surface area contributed by atoms with Crippen LogP contribution >= 0.6 is 0 Å². The Bertz CT molecular complexity index is 267. The van der Waals surface area contributed by atoms with Crippen LogP contribution in [0.5, 0.6) is 0 Å². The normalized spacial score (nSPS) is 6.92. The van der Waals surface area contributed by atoms with Crippen molar-refractivity contribution in [3.05, 3.63) is 23.8 Å². The van der Waals surface area contributed by atoms with Crippen molar-refractivity contribution in [1.29, 1.82) is 0 Å². The van der Waals surface area contributed by atoms with Gasteiger partial charge in [-0.05, 0) is 0 Å². The Morgan fingerprint density at radius 2 is 0.750 bits per heavy atom. The monoisotopic (exact) mass is 720 g/mol. The zero-order valence-electron chi connectivity index (χ0n) is 12.7. The molecule has 0 aromatic rings. The van der Waals surface area contributed by atoms with E-state index in [2.05, 4.69) is 0 Å². The van der Waals surface area contributed by atoms with Crippen LogP contribution in [0.3, 0.4) is 0 Å². The van der Waals surface area contributed by atoms with Crippen molar-refractivity contribution >= 4 is 23.9 Å². The van der Waals surface area contributed by atoms with E-state index in [1.165, 1.54) is 0 Å². The number of carbonyl (C=O) groups excluding carboxylic acids is 4. The van der Waals surface area contributed by atoms with E-state index in [0.29, 0.717) is 13.1 Å². The Labute approximate surface area is 168 Å². The van der Waals surface area contributed by atoms with Gasteiger partial charge in [-0.15, -0.1) is 0 Å². The van der Waals surface area contributed by atoms with Crippen molar-refractivity contribution in [2.75, 3.05) is 13.1 Å². The molecule has 24 heavy (non-hydrogen) atoms. The fourth-order valence-corrected chi connectivity index (χ4v) is 0.542. The fraction of sp³-hybridized carbons (Fsp3) is 0.600. The molecular weight excluding hydrogens is 694 g/mol. The summed E-state index contributed by atoms with van der Waals surface area (Å²) in [6.07, 6.45) is 0.618. The molecule has 12 nitrogen and oxygen atoms in total. The molecule has 0 aliphatic heterocycles. The van der Waals surface area contributed by atoms with Crippen LogP contribution in [0, 0.1) is 0 Å². The molecule has 0 aromatic carbocycles. The van der Waals surface area contributed by atoms with Gasteiger partial charge >= 0.3 is 66.0 Å². The average molecular weight is 720 g/mol. The zero-order chi connectivity index (χ0) is 16.6. The first-order chi connectivity index (χ1) is 9.17. The summed E-state index contributed by atoms with van der Waals surface area (Å²) in [5.41, 5.74) is 13.2. The number of unbranched alkanes of at least 4 members (excludes halogenated alkanes) is 1. The standard InChI is InChI=1S/C4H10N2.2C3H4O4.2H2N.2Pt/c5-3-1-2-4-6;2*4-2(5)1-3(6)7;;;;/h5-6H,1-4H2;2*1H2,(H,4,5)(H,6,7);2*1H2;;/q-2;;;2*-1;2*+4/p+4. The Morgan fingerprint density at radius 1 is 0.583 bits per heavy atom. The molecule has 0 amide bonds. The van der Waals surface area contributed by atoms with E-state index in [4.69, 9.17) is 31.9 Å². The van der Waals surface area contributed by atoms with Crippen molar-refractivity contribution in [1.82, 2.24) is 0 Å². The van der Waals surface area contributed by atoms with Gasteiger partial charge in [-0.2, -0.15) is 13.1 Å². The van der Waals surface area contributed by atoms with Gasteiger partial charge in [-0.25, -0.2) is 0 Å². The van der Waals surface area contributed by atoms with E-state index < -0.39 is 36.7 Å². The summed E-state index contributed by atoms with van der Waals surface area (Å²) in [7, 11) is 0. The molecule has 0 fully saturated rings. The maximum absolute atomic E-state index is 9.58. The minimum Gasteiger partial charge on any atom is -0.693 e. The molecule has 0 radical (unpaired) electrons. The molecule has 0 aromatic heterocycles. The Balaban J connectivity index is -0.0000000334. The third-order valence-corrected chi connectivity index (χ3v) is 1.25. The van der Waals surface area contributed by atoms with E-state index in [1.54, 1.807) is 0 Å². The van der Waals surface area contributed by atoms with Gasteiger partial charge < -0.3 is 44.2 Å². The second-order valence-electron chi connectivity index (χ2n) is 3.25. The van der Waals surface area contributed by atoms with Crippen molar-refractivity contribution < 1.29 is 81.7 Å². The SMILES string of the molecule is O=C([OH2+])CC(=O)[OH2+].O=C([OH2+])CC(=O)[OH2+].[NH-]CCCC[NH-].[NH2-].[NH2-].[Pt+4].[Pt+4]. The minimum atomic E-state index is -1.00. The molecule has 146 valence electrons. The summed E-state index contributed by atoms with van der Waals surface area (Å²) in [5.74, 6) is -4.00. The number of nitrogens with two attached hydrogens (primary N) is 2. The van der Waals surface area contributed by atoms with Crippen LogP contribution in [0.2, 0.25) is 0 Å². The summed E-state index contributed by atoms with van der Waals surface area (Å²) in [4.78, 5) is 38.3. The number of rotatable bonds is 7. The molecule has 0 saturated heterocycles. The molecule has 14 N–H and O–H groups in total. The molecule has 0 unspecified atom stereocenters. The molecule has 0 atom stereocenters. The molecular formula is C10H26N4O8Pt2+8. The van der Waals surface area contributed by atoms with Gasteiger partial charge in [0.05, 0.1) is 0 Å². The molecule has 0 heterocycles. The van der Waals surface area contributed by atoms with Gasteiger partial charge in [0.15, 0.2) is 0 Å². The van der Waals surface area contributed by atoms with Crippen molar-refractivity contribution in [3.8, 4) is 0 Å². The molecule has 0 rings (SSSR count). The van der Waals surface area contributed by atoms with Crippen LogP contribution in [-0.2, 0) is 61.3 Å². The largest absolute Gasteiger partial charge is 4.00 e. The maximum atomic E-state index is 9.58. The molecule has 0 bridgehead atoms. The minimum absolute atomic E-state index is 0. The third-order valence-electron chi connectivity index (χ3n) is 1.25. The number of hydrogen-bond acceptors (Lipinski definition) is 4. The molecule has 0 aliphatic carbocycles. The van der Waals surface area contributed by atoms with Crippen LogP contribution < -0.4 is 0 Å². The first kappa shape index (κ1) is 43.5. The Hall–Kier alpha value is -0.903. The Kier molecular flexibility index (Phi) is 61.0. The van der Waals surface area contributed by atoms with Crippen LogP contribution in [0.25, 0.3) is 23.8 Å². The van der Waals surface area contributed by atoms with Crippen molar-refractivity contribution in [2.24, 2.45) is 0 Å². The first-order valence-corrected chi connectivity index (χ1v) is 5.44. The van der Waals surface area contributed by atoms with Crippen molar-refractivity contribution in [3.63, 3.8) is 0 Å². The second-order valence-corrected chi connectivity index (χ2v) is 3.25. The summed E-state index contributed by atoms with van der Waals surface area (Å²) in [6, 6.07) is 0. The molecule has 0 saturated carbocycles. The van der Waals surface area contributed by atoms with Gasteiger partial charge in [0.2, 0.25) is 0 Å². The van der Waals surface area contributed by atoms with Crippen LogP contribution in [-0.4, -0.2) is 57.4 Å². The average Bonchev–Trinajstić information content (AvgIpc) is 2.24. The smallest absolute Gasteiger partial charge is 0.693 e. The number of carbonyl (C=O) groups is 4. The molecule has 14 heteroatoms. The first-order valence-electron chi connectivity index (χ1n) is 5.44. The van der Waals surface area contributed by atoms with Crippen LogP contribution in [0.15, 0.2) is 0 Å². The van der Waals surface area contributed by atoms with E-state index >= 15 is 0 Å². The van der Waals surface area contributed by atoms with Crippen molar-refractivity contribution in [2.45, 2.75) is 25.7 Å². The maximum Gasteiger partial charge on any atom is 4.00 e. The topological polar surface area (TPSA) is 274 Å². The molecule has 0 aliphatic rings. The summed E-state index contributed by atoms with van der Waals surface area (Å²) < 4.78 is 0. The predicted molar refractivity (Wildman–Crippen MR) is 81.9 cm³/mol. The van der Waals surface area contributed by atoms with Gasteiger partial charge in [-0.3, -0.25) is 0 Å². The van der Waals surface area contributed by atoms with Crippen LogP contribution in [0.1, 0.15) is 25.7 Å². The summed E-state index contributed by atoms with van der Waals surface area (Å²) >= 11 is 0. The van der Waals surface area contributed by atoms with Gasteiger partial charge in [0.1, 0.15) is 0 Å². The molecule has 0 spiro atoms. The van der Waals surface area contributed by atoms with E-state index in [9.17, 15) is 19.2 Å². The van der Waals surface area contributed by atoms with E-state index in [0.717, 1.165) is 12.8 Å². The van der Waals surface area contributed by atoms with Gasteiger partial charge in [0, 0.05) is 19.2 Å². The summed E-state index contributed by atoms with van der Waals surface area (Å²) in [5, 5.41) is 24.5. The number of hydrogen-bond donors (Lipinski definition) is 0. The fourth-order valence-electron chi connectivity index (χ4n) is 0.542. The van der Waals surface area contributed by atoms with Gasteiger partial charge in [0.25, 0.3) is 12.8 Å². The van der Waals surface area contributed by atoms with Gasteiger partial charge in [-0.1, -0.05) is 12.8 Å². The Morgan fingerprint density at radius 3 is 0.792 bits per heavy atom. The van der Waals surface area contributed by atoms with E-state index in [1.807, 2.05) is 0 Å². The summed E-state index contributed by atoms with van der Waals surface area (Å²) in [6.45, 7) is 0.970. The predicted octanol–water partition coefficient (Wildman–Crippen LogP) is -0.942. The van der Waals surface area contributed by atoms with Crippen LogP contribution in [0.4, 0.5) is 0 Å². The zero-order valence-corrected chi connectivity index (χ0v) is 17.2. The quantitative estimate of drug-likeness (QED) is 0.183.